The summed E-state index contributed by atoms with van der Waals surface area (Å²) in [5.41, 5.74) is 0. The highest BCUT2D eigenvalue weighted by Gasteiger charge is 2.40. The summed E-state index contributed by atoms with van der Waals surface area (Å²) in [5.74, 6) is 1.19. The van der Waals surface area contributed by atoms with Gasteiger partial charge in [0.2, 0.25) is 5.91 Å². The lowest BCUT2D eigenvalue weighted by molar-refractivity contribution is -0.122. The molecule has 2 N–H and O–H groups in total. The van der Waals surface area contributed by atoms with Gasteiger partial charge in [0, 0.05) is 32.1 Å². The number of nitrogens with zero attached hydrogens (tertiary/aromatic N) is 2. The van der Waals surface area contributed by atoms with Crippen LogP contribution in [0.25, 0.3) is 0 Å². The number of aliphatic imine (C=N–C) groups is 1. The van der Waals surface area contributed by atoms with Gasteiger partial charge in [0.1, 0.15) is 0 Å². The second-order valence-corrected chi connectivity index (χ2v) is 9.54. The number of sulfone groups is 1. The van der Waals surface area contributed by atoms with Crippen molar-refractivity contribution >= 4 is 21.7 Å². The van der Waals surface area contributed by atoms with E-state index in [1.807, 2.05) is 11.8 Å². The van der Waals surface area contributed by atoms with Crippen molar-refractivity contribution in [2.24, 2.45) is 10.9 Å². The largest absolute Gasteiger partial charge is 0.357 e. The van der Waals surface area contributed by atoms with E-state index in [9.17, 15) is 13.2 Å². The third kappa shape index (κ3) is 4.59. The molecule has 0 bridgehead atoms. The number of hydrogen-bond acceptors (Lipinski definition) is 4. The van der Waals surface area contributed by atoms with Crippen molar-refractivity contribution in [3.63, 3.8) is 0 Å². The monoisotopic (exact) mass is 344 g/mol. The average molecular weight is 344 g/mol. The predicted octanol–water partition coefficient (Wildman–Crippen LogP) is -0.0129. The quantitative estimate of drug-likeness (QED) is 0.416. The Morgan fingerprint density at radius 3 is 2.57 bits per heavy atom. The fraction of sp³-hybridized carbons (Fsp3) is 0.867. The first-order valence-electron chi connectivity index (χ1n) is 8.30. The van der Waals surface area contributed by atoms with E-state index in [2.05, 4.69) is 15.6 Å². The first-order valence-corrected chi connectivity index (χ1v) is 9.95. The standard InChI is InChI=1S/C15H28N4O3S/c1-4-16-14(18-8-7-17-13(20)12-5-6-12)19-9-10-23(21,22)15(2,3)11-19/h12H,4-11H2,1-3H3,(H,16,18)(H,17,20). The van der Waals surface area contributed by atoms with Gasteiger partial charge in [-0.2, -0.15) is 0 Å². The SMILES string of the molecule is CCNC(=NCCNC(=O)C1CC1)N1CCS(=O)(=O)C(C)(C)C1. The first kappa shape index (κ1) is 18.0. The molecule has 23 heavy (non-hydrogen) atoms. The number of hydrogen-bond donors (Lipinski definition) is 2. The molecule has 8 heteroatoms. The summed E-state index contributed by atoms with van der Waals surface area (Å²) in [5, 5.41) is 6.10. The van der Waals surface area contributed by atoms with Gasteiger partial charge in [-0.15, -0.1) is 0 Å². The van der Waals surface area contributed by atoms with Gasteiger partial charge in [-0.3, -0.25) is 9.79 Å². The Kier molecular flexibility index (Phi) is 5.54. The highest BCUT2D eigenvalue weighted by molar-refractivity contribution is 7.92. The molecule has 0 unspecified atom stereocenters. The maximum absolute atomic E-state index is 12.1. The van der Waals surface area contributed by atoms with Crippen molar-refractivity contribution in [3.8, 4) is 0 Å². The Bertz CT molecular complexity index is 567. The maximum Gasteiger partial charge on any atom is 0.223 e. The Hall–Kier alpha value is -1.31. The van der Waals surface area contributed by atoms with E-state index in [1.165, 1.54) is 0 Å². The van der Waals surface area contributed by atoms with E-state index in [0.717, 1.165) is 25.3 Å². The summed E-state index contributed by atoms with van der Waals surface area (Å²) in [6.45, 7) is 8.10. The Morgan fingerprint density at radius 1 is 1.30 bits per heavy atom. The van der Waals surface area contributed by atoms with Gasteiger partial charge in [0.05, 0.1) is 17.0 Å². The van der Waals surface area contributed by atoms with Gasteiger partial charge in [0.15, 0.2) is 15.8 Å². The van der Waals surface area contributed by atoms with Crippen molar-refractivity contribution in [3.05, 3.63) is 0 Å². The molecule has 1 saturated heterocycles. The maximum atomic E-state index is 12.1. The van der Waals surface area contributed by atoms with Gasteiger partial charge in [-0.05, 0) is 33.6 Å². The fourth-order valence-corrected chi connectivity index (χ4v) is 3.95. The minimum absolute atomic E-state index is 0.121. The van der Waals surface area contributed by atoms with Gasteiger partial charge in [-0.25, -0.2) is 8.42 Å². The molecule has 0 aromatic heterocycles. The lowest BCUT2D eigenvalue weighted by Crippen LogP contribution is -2.57. The van der Waals surface area contributed by atoms with Crippen molar-refractivity contribution in [1.29, 1.82) is 0 Å². The van der Waals surface area contributed by atoms with Crippen molar-refractivity contribution in [1.82, 2.24) is 15.5 Å². The lowest BCUT2D eigenvalue weighted by Gasteiger charge is -2.39. The van der Waals surface area contributed by atoms with Crippen LogP contribution in [0.4, 0.5) is 0 Å². The molecular formula is C15H28N4O3S. The van der Waals surface area contributed by atoms with E-state index >= 15 is 0 Å². The van der Waals surface area contributed by atoms with Gasteiger partial charge >= 0.3 is 0 Å². The van der Waals surface area contributed by atoms with Gasteiger partial charge in [0.25, 0.3) is 0 Å². The number of guanidine groups is 1. The van der Waals surface area contributed by atoms with E-state index in [4.69, 9.17) is 0 Å². The number of carbonyl (C=O) groups excluding carboxylic acids is 1. The second kappa shape index (κ2) is 7.07. The molecular weight excluding hydrogens is 316 g/mol. The molecule has 132 valence electrons. The minimum Gasteiger partial charge on any atom is -0.357 e. The Balaban J connectivity index is 1.91. The molecule has 1 saturated carbocycles. The molecule has 2 fully saturated rings. The Labute approximate surface area is 138 Å². The zero-order chi connectivity index (χ0) is 17.1. The summed E-state index contributed by atoms with van der Waals surface area (Å²) in [6, 6.07) is 0. The summed E-state index contributed by atoms with van der Waals surface area (Å²) in [6.07, 6.45) is 1.99. The summed E-state index contributed by atoms with van der Waals surface area (Å²) < 4.78 is 23.4. The van der Waals surface area contributed by atoms with Crippen LogP contribution in [-0.4, -0.2) is 68.4 Å². The van der Waals surface area contributed by atoms with Crippen LogP contribution >= 0.6 is 0 Å². The molecule has 2 aliphatic rings. The van der Waals surface area contributed by atoms with Gasteiger partial charge in [-0.1, -0.05) is 0 Å². The molecule has 0 aromatic carbocycles. The first-order chi connectivity index (χ1) is 10.8. The molecule has 0 aromatic rings. The minimum atomic E-state index is -3.06. The molecule has 1 aliphatic carbocycles. The zero-order valence-electron chi connectivity index (χ0n) is 14.3. The lowest BCUT2D eigenvalue weighted by atomic mass is 10.2. The number of rotatable bonds is 5. The van der Waals surface area contributed by atoms with Crippen LogP contribution in [-0.2, 0) is 14.6 Å². The van der Waals surface area contributed by atoms with Crippen molar-refractivity contribution in [2.75, 3.05) is 38.5 Å². The van der Waals surface area contributed by atoms with Gasteiger partial charge < -0.3 is 15.5 Å². The molecule has 2 rings (SSSR count). The van der Waals surface area contributed by atoms with E-state index in [0.29, 0.717) is 26.2 Å². The predicted molar refractivity (Wildman–Crippen MR) is 91.2 cm³/mol. The van der Waals surface area contributed by atoms with Crippen LogP contribution < -0.4 is 10.6 Å². The molecule has 7 nitrogen and oxygen atoms in total. The molecule has 0 spiro atoms. The summed E-state index contributed by atoms with van der Waals surface area (Å²) in [7, 11) is -3.06. The highest BCUT2D eigenvalue weighted by atomic mass is 32.2. The normalized spacial score (nSPS) is 23.4. The Morgan fingerprint density at radius 2 is 2.00 bits per heavy atom. The van der Waals surface area contributed by atoms with Crippen LogP contribution in [0.3, 0.4) is 0 Å². The smallest absolute Gasteiger partial charge is 0.223 e. The van der Waals surface area contributed by atoms with Crippen LogP contribution in [0.1, 0.15) is 33.6 Å². The average Bonchev–Trinajstić information content (AvgIpc) is 3.30. The summed E-state index contributed by atoms with van der Waals surface area (Å²) in [4.78, 5) is 18.1. The number of amides is 1. The number of carbonyl (C=O) groups is 1. The second-order valence-electron chi connectivity index (χ2n) is 6.80. The number of nitrogens with one attached hydrogen (secondary N) is 2. The highest BCUT2D eigenvalue weighted by Crippen LogP contribution is 2.28. The van der Waals surface area contributed by atoms with E-state index < -0.39 is 14.6 Å². The molecule has 0 radical (unpaired) electrons. The van der Waals surface area contributed by atoms with Crippen molar-refractivity contribution in [2.45, 2.75) is 38.4 Å². The van der Waals surface area contributed by atoms with Crippen LogP contribution in [0.2, 0.25) is 0 Å². The third-order valence-electron chi connectivity index (χ3n) is 4.30. The van der Waals surface area contributed by atoms with Crippen LogP contribution in [0.15, 0.2) is 4.99 Å². The van der Waals surface area contributed by atoms with Crippen molar-refractivity contribution < 1.29 is 13.2 Å². The molecule has 1 heterocycles. The molecule has 0 atom stereocenters. The topological polar surface area (TPSA) is 90.9 Å². The zero-order valence-corrected chi connectivity index (χ0v) is 15.1. The molecule has 1 aliphatic heterocycles. The molecule has 1 amide bonds. The fourth-order valence-electron chi connectivity index (χ4n) is 2.58. The van der Waals surface area contributed by atoms with Crippen LogP contribution in [0, 0.1) is 5.92 Å². The third-order valence-corrected chi connectivity index (χ3v) is 6.83. The summed E-state index contributed by atoms with van der Waals surface area (Å²) >= 11 is 0. The van der Waals surface area contributed by atoms with Crippen LogP contribution in [0.5, 0.6) is 0 Å². The van der Waals surface area contributed by atoms with E-state index in [1.54, 1.807) is 13.8 Å². The van der Waals surface area contributed by atoms with E-state index in [-0.39, 0.29) is 17.6 Å².